The number of nitrogens with zero attached hydrogens (tertiary/aromatic N) is 2. The van der Waals surface area contributed by atoms with Crippen molar-refractivity contribution in [3.8, 4) is 0 Å². The summed E-state index contributed by atoms with van der Waals surface area (Å²) in [6.45, 7) is 1.30. The van der Waals surface area contributed by atoms with Gasteiger partial charge in [0.1, 0.15) is 0 Å². The van der Waals surface area contributed by atoms with Crippen LogP contribution in [0.2, 0.25) is 0 Å². The van der Waals surface area contributed by atoms with Gasteiger partial charge in [-0.1, -0.05) is 6.07 Å². The summed E-state index contributed by atoms with van der Waals surface area (Å²) in [4.78, 5) is 29.9. The first-order valence-electron chi connectivity index (χ1n) is 7.96. The van der Waals surface area contributed by atoms with Crippen LogP contribution in [0.1, 0.15) is 31.2 Å². The molecule has 1 aliphatic rings. The van der Waals surface area contributed by atoms with Crippen LogP contribution in [0, 0.1) is 5.41 Å². The normalized spacial score (nSPS) is 21.2. The van der Waals surface area contributed by atoms with E-state index in [0.717, 1.165) is 5.56 Å². The minimum absolute atomic E-state index is 0.0107. The molecule has 1 aromatic heterocycles. The van der Waals surface area contributed by atoms with Crippen molar-refractivity contribution in [3.63, 3.8) is 0 Å². The van der Waals surface area contributed by atoms with Crippen molar-refractivity contribution in [1.29, 1.82) is 0 Å². The van der Waals surface area contributed by atoms with E-state index in [2.05, 4.69) is 4.98 Å². The molecule has 1 saturated heterocycles. The zero-order valence-electron chi connectivity index (χ0n) is 13.5. The first-order chi connectivity index (χ1) is 11.1. The van der Waals surface area contributed by atoms with E-state index in [9.17, 15) is 14.7 Å². The monoisotopic (exact) mass is 320 g/mol. The number of carboxylic acid groups (broad SMARTS) is 1. The molecule has 0 unspecified atom stereocenters. The summed E-state index contributed by atoms with van der Waals surface area (Å²) < 4.78 is 5.05. The maximum Gasteiger partial charge on any atom is 0.311 e. The lowest BCUT2D eigenvalue weighted by Gasteiger charge is -2.40. The lowest BCUT2D eigenvalue weighted by atomic mass is 9.77. The highest BCUT2D eigenvalue weighted by molar-refractivity contribution is 5.80. The van der Waals surface area contributed by atoms with Gasteiger partial charge in [-0.25, -0.2) is 0 Å². The number of carboxylic acids is 1. The molecule has 0 saturated carbocycles. The molecule has 2 rings (SSSR count). The van der Waals surface area contributed by atoms with Crippen LogP contribution in [-0.2, 0) is 20.7 Å². The number of aryl methyl sites for hydroxylation is 1. The highest BCUT2D eigenvalue weighted by Gasteiger charge is 2.43. The molecule has 0 bridgehead atoms. The Hall–Kier alpha value is -1.95. The van der Waals surface area contributed by atoms with Gasteiger partial charge in [-0.3, -0.25) is 14.6 Å². The van der Waals surface area contributed by atoms with E-state index in [1.807, 2.05) is 12.1 Å². The second kappa shape index (κ2) is 8.06. The Morgan fingerprint density at radius 1 is 1.48 bits per heavy atom. The highest BCUT2D eigenvalue weighted by atomic mass is 16.5. The molecule has 0 spiro atoms. The molecule has 1 atom stereocenters. The minimum atomic E-state index is -0.877. The smallest absolute Gasteiger partial charge is 0.311 e. The van der Waals surface area contributed by atoms with Crippen LogP contribution < -0.4 is 0 Å². The van der Waals surface area contributed by atoms with Crippen LogP contribution in [0.3, 0.4) is 0 Å². The summed E-state index contributed by atoms with van der Waals surface area (Å²) in [5.74, 6) is -0.823. The van der Waals surface area contributed by atoms with Crippen molar-refractivity contribution in [2.75, 3.05) is 26.8 Å². The minimum Gasteiger partial charge on any atom is -0.481 e. The number of carbonyl (C=O) groups is 2. The molecule has 126 valence electrons. The molecule has 1 N–H and O–H groups in total. The van der Waals surface area contributed by atoms with Crippen molar-refractivity contribution in [2.24, 2.45) is 5.41 Å². The quantitative estimate of drug-likeness (QED) is 0.828. The lowest BCUT2D eigenvalue weighted by Crippen LogP contribution is -2.50. The molecular formula is C17H24N2O4. The third-order valence-electron chi connectivity index (χ3n) is 4.52. The van der Waals surface area contributed by atoms with E-state index >= 15 is 0 Å². The van der Waals surface area contributed by atoms with Crippen LogP contribution >= 0.6 is 0 Å². The van der Waals surface area contributed by atoms with Crippen molar-refractivity contribution in [2.45, 2.75) is 32.1 Å². The predicted octanol–water partition coefficient (Wildman–Crippen LogP) is 1.74. The molecule has 6 nitrogen and oxygen atoms in total. The highest BCUT2D eigenvalue weighted by Crippen LogP contribution is 2.34. The average molecular weight is 320 g/mol. The van der Waals surface area contributed by atoms with E-state index in [1.54, 1.807) is 24.4 Å². The van der Waals surface area contributed by atoms with Gasteiger partial charge in [-0.2, -0.15) is 0 Å². The summed E-state index contributed by atoms with van der Waals surface area (Å²) in [6.07, 6.45) is 6.21. The number of pyridine rings is 1. The number of likely N-dealkylation sites (tertiary alicyclic amines) is 1. The van der Waals surface area contributed by atoms with Crippen molar-refractivity contribution < 1.29 is 19.4 Å². The number of hydrogen-bond acceptors (Lipinski definition) is 4. The maximum absolute atomic E-state index is 12.4. The zero-order valence-corrected chi connectivity index (χ0v) is 13.5. The van der Waals surface area contributed by atoms with Gasteiger partial charge in [0, 0.05) is 45.6 Å². The Morgan fingerprint density at radius 3 is 2.96 bits per heavy atom. The lowest BCUT2D eigenvalue weighted by molar-refractivity contribution is -0.156. The summed E-state index contributed by atoms with van der Waals surface area (Å²) in [6, 6.07) is 3.79. The van der Waals surface area contributed by atoms with Crippen molar-refractivity contribution in [3.05, 3.63) is 30.1 Å². The van der Waals surface area contributed by atoms with Gasteiger partial charge in [0.25, 0.3) is 0 Å². The summed E-state index contributed by atoms with van der Waals surface area (Å²) in [7, 11) is 1.56. The van der Waals surface area contributed by atoms with E-state index in [1.165, 1.54) is 0 Å². The number of carbonyl (C=O) groups excluding carboxylic acids is 1. The average Bonchev–Trinajstić information content (AvgIpc) is 2.59. The Labute approximate surface area is 136 Å². The van der Waals surface area contributed by atoms with Gasteiger partial charge in [-0.15, -0.1) is 0 Å². The molecule has 23 heavy (non-hydrogen) atoms. The third kappa shape index (κ3) is 4.51. The number of piperidine rings is 1. The third-order valence-corrected chi connectivity index (χ3v) is 4.52. The summed E-state index contributed by atoms with van der Waals surface area (Å²) in [5, 5.41) is 9.62. The first-order valence-corrected chi connectivity index (χ1v) is 7.96. The van der Waals surface area contributed by atoms with E-state index in [-0.39, 0.29) is 12.5 Å². The number of aromatic nitrogens is 1. The van der Waals surface area contributed by atoms with Gasteiger partial charge in [0.2, 0.25) is 5.91 Å². The molecule has 2 heterocycles. The van der Waals surface area contributed by atoms with Crippen LogP contribution in [-0.4, -0.2) is 53.7 Å². The largest absolute Gasteiger partial charge is 0.481 e. The van der Waals surface area contributed by atoms with Gasteiger partial charge in [0.15, 0.2) is 0 Å². The SMILES string of the molecule is COCC[C@@]1(C(=O)O)CCCN(C(=O)CCc2cccnc2)C1. The number of rotatable bonds is 7. The van der Waals surface area contributed by atoms with Gasteiger partial charge >= 0.3 is 5.97 Å². The molecule has 1 aromatic rings. The number of aliphatic carboxylic acids is 1. The number of amides is 1. The van der Waals surface area contributed by atoms with Gasteiger partial charge < -0.3 is 14.7 Å². The fourth-order valence-corrected chi connectivity index (χ4v) is 3.08. The molecule has 1 aliphatic heterocycles. The summed E-state index contributed by atoms with van der Waals surface area (Å²) >= 11 is 0. The second-order valence-corrected chi connectivity index (χ2v) is 6.11. The standard InChI is InChI=1S/C17H24N2O4/c1-23-11-8-17(16(21)22)7-3-10-19(13-17)15(20)6-5-14-4-2-9-18-12-14/h2,4,9,12H,3,5-8,10-11,13H2,1H3,(H,21,22)/t17-/m0/s1. The number of ether oxygens (including phenoxy) is 1. The first kappa shape index (κ1) is 17.4. The molecule has 6 heteroatoms. The van der Waals surface area contributed by atoms with Crippen LogP contribution in [0.25, 0.3) is 0 Å². The number of methoxy groups -OCH3 is 1. The molecule has 1 amide bonds. The van der Waals surface area contributed by atoms with Crippen molar-refractivity contribution in [1.82, 2.24) is 9.88 Å². The zero-order chi connectivity index (χ0) is 16.7. The van der Waals surface area contributed by atoms with Crippen LogP contribution in [0.15, 0.2) is 24.5 Å². The Balaban J connectivity index is 1.96. The Bertz CT molecular complexity index is 535. The van der Waals surface area contributed by atoms with E-state index < -0.39 is 11.4 Å². The predicted molar refractivity (Wildman–Crippen MR) is 84.9 cm³/mol. The topological polar surface area (TPSA) is 79.7 Å². The summed E-state index contributed by atoms with van der Waals surface area (Å²) in [5.41, 5.74) is 0.139. The van der Waals surface area contributed by atoms with E-state index in [0.29, 0.717) is 45.3 Å². The molecule has 0 aromatic carbocycles. The number of hydrogen-bond donors (Lipinski definition) is 1. The van der Waals surface area contributed by atoms with Crippen LogP contribution in [0.4, 0.5) is 0 Å². The maximum atomic E-state index is 12.4. The fraction of sp³-hybridized carbons (Fsp3) is 0.588. The van der Waals surface area contributed by atoms with Crippen LogP contribution in [0.5, 0.6) is 0 Å². The molecular weight excluding hydrogens is 296 g/mol. The second-order valence-electron chi connectivity index (χ2n) is 6.11. The molecule has 1 fully saturated rings. The van der Waals surface area contributed by atoms with E-state index in [4.69, 9.17) is 4.74 Å². The van der Waals surface area contributed by atoms with Gasteiger partial charge in [-0.05, 0) is 37.3 Å². The Morgan fingerprint density at radius 2 is 2.30 bits per heavy atom. The Kier molecular flexibility index (Phi) is 6.10. The molecule has 0 aliphatic carbocycles. The molecule has 0 radical (unpaired) electrons. The fourth-order valence-electron chi connectivity index (χ4n) is 3.08. The van der Waals surface area contributed by atoms with Crippen molar-refractivity contribution >= 4 is 11.9 Å². The van der Waals surface area contributed by atoms with Gasteiger partial charge in [0.05, 0.1) is 5.41 Å².